The number of carbonyl (C=O) groups is 1. The van der Waals surface area contributed by atoms with E-state index in [-0.39, 0.29) is 30.3 Å². The number of nitrogens with zero attached hydrogens (tertiary/aromatic N) is 4. The number of aliphatic hydroxyl groups is 2. The quantitative estimate of drug-likeness (QED) is 0.409. The predicted octanol–water partition coefficient (Wildman–Crippen LogP) is 1.39. The van der Waals surface area contributed by atoms with E-state index in [4.69, 9.17) is 0 Å². The van der Waals surface area contributed by atoms with Gasteiger partial charge in [0.1, 0.15) is 0 Å². The number of nitrogens with one attached hydrogen (secondary N) is 2. The monoisotopic (exact) mass is 488 g/mol. The summed E-state index contributed by atoms with van der Waals surface area (Å²) in [4.78, 5) is 25.0. The molecule has 3 aromatic rings. The molecule has 2 aromatic heterocycles. The molecule has 2 heterocycles. The minimum absolute atomic E-state index is 0.0660. The summed E-state index contributed by atoms with van der Waals surface area (Å²) in [5, 5.41) is 26.2. The van der Waals surface area contributed by atoms with Crippen LogP contribution in [0.3, 0.4) is 0 Å². The molecule has 1 fully saturated rings. The Hall–Kier alpha value is -3.69. The van der Waals surface area contributed by atoms with Gasteiger partial charge in [-0.2, -0.15) is 13.2 Å². The number of fused-ring (bicyclic) bond motifs is 1. The number of rotatable bonds is 4. The highest BCUT2D eigenvalue weighted by Crippen LogP contribution is 2.34. The second-order valence-electron chi connectivity index (χ2n) is 8.24. The van der Waals surface area contributed by atoms with Crippen molar-refractivity contribution in [3.05, 3.63) is 47.5 Å². The maximum atomic E-state index is 13.0. The van der Waals surface area contributed by atoms with Gasteiger partial charge in [-0.3, -0.25) is 4.79 Å². The van der Waals surface area contributed by atoms with Crippen molar-refractivity contribution in [2.75, 3.05) is 19.4 Å². The number of imidazole rings is 1. The van der Waals surface area contributed by atoms with Gasteiger partial charge >= 0.3 is 6.18 Å². The number of hydrogen-bond acceptors (Lipinski definition) is 7. The van der Waals surface area contributed by atoms with Crippen LogP contribution in [0.25, 0.3) is 11.2 Å². The fourth-order valence-electron chi connectivity index (χ4n) is 4.21. The number of carbonyl (C=O) groups excluding carboxylic acids is 1. The summed E-state index contributed by atoms with van der Waals surface area (Å²) in [7, 11) is 3.10. The van der Waals surface area contributed by atoms with Crippen LogP contribution in [0.15, 0.2) is 30.6 Å². The van der Waals surface area contributed by atoms with Gasteiger partial charge in [0.15, 0.2) is 17.0 Å². The van der Waals surface area contributed by atoms with Crippen LogP contribution in [0.2, 0.25) is 0 Å². The SMILES string of the molecule is CNC(=O)[C@H]1C[C@@H](Cn2cnc3c(NC)nc(C#Cc4cccc(C(F)(F)F)c4)nc32)[C@H](O)[C@@H]1O. The van der Waals surface area contributed by atoms with Crippen LogP contribution >= 0.6 is 0 Å². The van der Waals surface area contributed by atoms with Gasteiger partial charge in [0.2, 0.25) is 11.7 Å². The molecule has 35 heavy (non-hydrogen) atoms. The Morgan fingerprint density at radius 3 is 2.66 bits per heavy atom. The van der Waals surface area contributed by atoms with Gasteiger partial charge in [0.05, 0.1) is 30.0 Å². The van der Waals surface area contributed by atoms with Gasteiger partial charge in [-0.05, 0) is 30.5 Å². The van der Waals surface area contributed by atoms with Crippen molar-refractivity contribution in [3.8, 4) is 11.8 Å². The van der Waals surface area contributed by atoms with Crippen LogP contribution in [0.4, 0.5) is 19.0 Å². The summed E-state index contributed by atoms with van der Waals surface area (Å²) in [5.74, 6) is 4.29. The van der Waals surface area contributed by atoms with Gasteiger partial charge in [0, 0.05) is 32.1 Å². The van der Waals surface area contributed by atoms with E-state index in [1.807, 2.05) is 0 Å². The molecule has 1 amide bonds. The first-order valence-corrected chi connectivity index (χ1v) is 10.8. The zero-order valence-electron chi connectivity index (χ0n) is 18.8. The maximum Gasteiger partial charge on any atom is 0.416 e. The topological polar surface area (TPSA) is 125 Å². The Balaban J connectivity index is 1.65. The van der Waals surface area contributed by atoms with Crippen molar-refractivity contribution < 1.29 is 28.2 Å². The highest BCUT2D eigenvalue weighted by molar-refractivity contribution is 5.83. The second-order valence-corrected chi connectivity index (χ2v) is 8.24. The molecule has 0 spiro atoms. The fourth-order valence-corrected chi connectivity index (χ4v) is 4.21. The lowest BCUT2D eigenvalue weighted by atomic mass is 10.0. The summed E-state index contributed by atoms with van der Waals surface area (Å²) >= 11 is 0. The van der Waals surface area contributed by atoms with Crippen molar-refractivity contribution in [3.63, 3.8) is 0 Å². The Morgan fingerprint density at radius 2 is 1.97 bits per heavy atom. The summed E-state index contributed by atoms with van der Waals surface area (Å²) in [6, 6.07) is 4.65. The predicted molar refractivity (Wildman–Crippen MR) is 120 cm³/mol. The lowest BCUT2D eigenvalue weighted by Crippen LogP contribution is -2.36. The molecular weight excluding hydrogens is 465 g/mol. The molecule has 1 aliphatic carbocycles. The van der Waals surface area contributed by atoms with Crippen LogP contribution in [-0.2, 0) is 17.5 Å². The standard InChI is InChI=1S/C23H23F3N6O3/c1-27-20-17-21(31-16(30-20)7-6-12-4-3-5-14(8-12)23(24,25)26)32(11-29-17)10-13-9-15(22(35)28-2)19(34)18(13)33/h3-5,8,11,13,15,18-19,33-34H,9-10H2,1-2H3,(H,28,35)(H,27,30,31)/t13-,15-,18-,19+/m0/s1. The molecule has 184 valence electrons. The Bertz CT molecular complexity index is 1310. The van der Waals surface area contributed by atoms with Gasteiger partial charge in [-0.1, -0.05) is 12.0 Å². The Kier molecular flexibility index (Phi) is 6.64. The molecule has 4 rings (SSSR count). The molecule has 0 aliphatic heterocycles. The van der Waals surface area contributed by atoms with Crippen LogP contribution in [0, 0.1) is 23.7 Å². The van der Waals surface area contributed by atoms with Crippen LogP contribution in [0.1, 0.15) is 23.4 Å². The lowest BCUT2D eigenvalue weighted by Gasteiger charge is -2.17. The molecule has 1 aliphatic rings. The van der Waals surface area contributed by atoms with Crippen molar-refractivity contribution >= 4 is 22.9 Å². The number of aliphatic hydroxyl groups excluding tert-OH is 2. The molecule has 0 radical (unpaired) electrons. The average Bonchev–Trinajstić information content (AvgIpc) is 3.37. The molecule has 1 aromatic carbocycles. The van der Waals surface area contributed by atoms with Crippen LogP contribution in [-0.4, -0.2) is 61.9 Å². The molecule has 0 unspecified atom stereocenters. The van der Waals surface area contributed by atoms with E-state index in [1.54, 1.807) is 11.6 Å². The number of aromatic nitrogens is 4. The largest absolute Gasteiger partial charge is 0.416 e. The van der Waals surface area contributed by atoms with E-state index in [1.165, 1.54) is 25.5 Å². The Morgan fingerprint density at radius 1 is 1.20 bits per heavy atom. The lowest BCUT2D eigenvalue weighted by molar-refractivity contribution is -0.137. The second kappa shape index (κ2) is 9.52. The van der Waals surface area contributed by atoms with Crippen molar-refractivity contribution in [1.82, 2.24) is 24.8 Å². The van der Waals surface area contributed by atoms with Crippen molar-refractivity contribution in [2.24, 2.45) is 11.8 Å². The minimum atomic E-state index is -4.48. The van der Waals surface area contributed by atoms with Gasteiger partial charge in [-0.25, -0.2) is 15.0 Å². The van der Waals surface area contributed by atoms with E-state index in [9.17, 15) is 28.2 Å². The van der Waals surface area contributed by atoms with Gasteiger partial charge in [-0.15, -0.1) is 0 Å². The van der Waals surface area contributed by atoms with Crippen molar-refractivity contribution in [1.29, 1.82) is 0 Å². The highest BCUT2D eigenvalue weighted by Gasteiger charge is 2.44. The van der Waals surface area contributed by atoms with E-state index in [0.717, 1.165) is 12.1 Å². The van der Waals surface area contributed by atoms with Gasteiger partial charge < -0.3 is 25.4 Å². The zero-order valence-corrected chi connectivity index (χ0v) is 18.8. The summed E-state index contributed by atoms with van der Waals surface area (Å²) in [6.45, 7) is 0.225. The normalized spacial score (nSPS) is 22.0. The maximum absolute atomic E-state index is 13.0. The zero-order chi connectivity index (χ0) is 25.3. The third-order valence-corrected chi connectivity index (χ3v) is 6.03. The van der Waals surface area contributed by atoms with Crippen LogP contribution in [0.5, 0.6) is 0 Å². The molecule has 0 saturated heterocycles. The van der Waals surface area contributed by atoms with Gasteiger partial charge in [0.25, 0.3) is 0 Å². The molecular formula is C23H23F3N6O3. The van der Waals surface area contributed by atoms with E-state index < -0.39 is 35.8 Å². The number of halogens is 3. The Labute approximate surface area is 198 Å². The molecule has 4 N–H and O–H groups in total. The smallest absolute Gasteiger partial charge is 0.390 e. The number of amides is 1. The van der Waals surface area contributed by atoms with Crippen LogP contribution < -0.4 is 10.6 Å². The number of alkyl halides is 3. The molecule has 9 nitrogen and oxygen atoms in total. The molecule has 12 heteroatoms. The fraction of sp³-hybridized carbons (Fsp3) is 0.391. The first-order chi connectivity index (χ1) is 16.6. The van der Waals surface area contributed by atoms with E-state index in [0.29, 0.717) is 17.0 Å². The third kappa shape index (κ3) is 4.91. The third-order valence-electron chi connectivity index (χ3n) is 6.03. The molecule has 0 bridgehead atoms. The summed E-state index contributed by atoms with van der Waals surface area (Å²) in [5.41, 5.74) is 0.184. The summed E-state index contributed by atoms with van der Waals surface area (Å²) < 4.78 is 40.6. The summed E-state index contributed by atoms with van der Waals surface area (Å²) in [6.07, 6.45) is -5.00. The van der Waals surface area contributed by atoms with Crippen molar-refractivity contribution in [2.45, 2.75) is 31.3 Å². The number of hydrogen-bond donors (Lipinski definition) is 4. The molecule has 4 atom stereocenters. The molecule has 1 saturated carbocycles. The minimum Gasteiger partial charge on any atom is -0.390 e. The first kappa shape index (κ1) is 24.4. The number of benzene rings is 1. The average molecular weight is 488 g/mol. The number of anilines is 1. The van der Waals surface area contributed by atoms with E-state index >= 15 is 0 Å². The first-order valence-electron chi connectivity index (χ1n) is 10.8. The highest BCUT2D eigenvalue weighted by atomic mass is 19.4. The van der Waals surface area contributed by atoms with E-state index in [2.05, 4.69) is 37.4 Å².